The number of aliphatic hydroxyl groups is 1. The number of rotatable bonds is 2. The Morgan fingerprint density at radius 2 is 1.65 bits per heavy atom. The molecule has 2 aliphatic heterocycles. The van der Waals surface area contributed by atoms with Crippen LogP contribution in [0.25, 0.3) is 0 Å². The molecular weight excluding hydrogens is 368 g/mol. The van der Waals surface area contributed by atoms with Gasteiger partial charge >= 0.3 is 0 Å². The molecule has 0 spiro atoms. The number of hydrogen-bond donors (Lipinski definition) is 2. The van der Waals surface area contributed by atoms with Crippen molar-refractivity contribution in [2.45, 2.75) is 48.5 Å². The second kappa shape index (κ2) is 15.0. The second-order valence-corrected chi connectivity index (χ2v) is 7.80. The van der Waals surface area contributed by atoms with E-state index < -0.39 is 0 Å². The molecule has 7 nitrogen and oxygen atoms in total. The molecule has 0 fully saturated rings. The Kier molecular flexibility index (Phi) is 15.7. The van der Waals surface area contributed by atoms with Gasteiger partial charge in [-0.15, -0.1) is 0 Å². The number of aliphatic hydroxyl groups excluding tert-OH is 1. The fourth-order valence-corrected chi connectivity index (χ4v) is 1.85. The summed E-state index contributed by atoms with van der Waals surface area (Å²) in [5.74, 6) is 0. The lowest BCUT2D eigenvalue weighted by Crippen LogP contribution is -2.37. The number of hydrazone groups is 1. The third kappa shape index (κ3) is 15.2. The molecule has 0 radical (unpaired) electrons. The first-order chi connectivity index (χ1) is 12.1. The van der Waals surface area contributed by atoms with Gasteiger partial charge in [-0.25, -0.2) is 9.37 Å². The van der Waals surface area contributed by atoms with Gasteiger partial charge < -0.3 is 10.4 Å². The maximum Gasteiger partial charge on any atom is 0.189 e. The summed E-state index contributed by atoms with van der Waals surface area (Å²) in [6.07, 6.45) is 1.94. The molecule has 0 atom stereocenters. The number of nitrogens with zero attached hydrogens (tertiary/aromatic N) is 5. The van der Waals surface area contributed by atoms with E-state index in [4.69, 9.17) is 17.3 Å². The molecule has 2 N–H and O–H groups in total. The van der Waals surface area contributed by atoms with Crippen molar-refractivity contribution in [3.63, 3.8) is 0 Å². The fraction of sp³-hybridized carbons (Fsp3) is 0.882. The van der Waals surface area contributed by atoms with Crippen LogP contribution in [-0.4, -0.2) is 60.8 Å². The fourth-order valence-electron chi connectivity index (χ4n) is 1.59. The van der Waals surface area contributed by atoms with Gasteiger partial charge in [0, 0.05) is 49.2 Å². The van der Waals surface area contributed by atoms with Crippen molar-refractivity contribution in [1.29, 1.82) is 0 Å². The molecule has 0 unspecified atom stereocenters. The lowest BCUT2D eigenvalue weighted by molar-refractivity contribution is 0.318. The number of nitrogens with one attached hydrogen (secondary N) is 1. The Bertz CT molecular complexity index is 443. The van der Waals surface area contributed by atoms with Crippen molar-refractivity contribution < 1.29 is 5.11 Å². The summed E-state index contributed by atoms with van der Waals surface area (Å²) in [7, 11) is 0. The third-order valence-corrected chi connectivity index (χ3v) is 3.51. The van der Waals surface area contributed by atoms with Crippen LogP contribution in [0.15, 0.2) is 19.7 Å². The topological polar surface area (TPSA) is 84.9 Å². The van der Waals surface area contributed by atoms with Crippen LogP contribution in [0.1, 0.15) is 48.5 Å². The van der Waals surface area contributed by atoms with Gasteiger partial charge in [0.2, 0.25) is 0 Å². The van der Waals surface area contributed by atoms with Crippen molar-refractivity contribution in [3.05, 3.63) is 0 Å². The Labute approximate surface area is 169 Å². The molecule has 0 amide bonds. The second-order valence-electron chi connectivity index (χ2n) is 7.15. The Balaban J connectivity index is 0. The van der Waals surface area contributed by atoms with Crippen LogP contribution in [0, 0.1) is 10.8 Å². The maximum absolute atomic E-state index is 7.57. The molecule has 0 bridgehead atoms. The molecule has 0 aromatic rings. The van der Waals surface area contributed by atoms with Gasteiger partial charge in [0.25, 0.3) is 0 Å². The summed E-state index contributed by atoms with van der Waals surface area (Å²) in [4.78, 5) is 0. The van der Waals surface area contributed by atoms with Gasteiger partial charge in [0.15, 0.2) is 5.11 Å². The molecule has 26 heavy (non-hydrogen) atoms. The highest BCUT2D eigenvalue weighted by atomic mass is 32.1. The summed E-state index contributed by atoms with van der Waals surface area (Å²) in [5, 5.41) is 25.1. The molecule has 2 rings (SSSR count). The van der Waals surface area contributed by atoms with Crippen molar-refractivity contribution >= 4 is 36.0 Å². The van der Waals surface area contributed by atoms with Crippen LogP contribution < -0.4 is 5.32 Å². The number of thiocarbonyl (C=S) groups is 1. The van der Waals surface area contributed by atoms with Crippen LogP contribution in [0.5, 0.6) is 0 Å². The monoisotopic (exact) mass is 404 g/mol. The van der Waals surface area contributed by atoms with Crippen LogP contribution in [0.4, 0.5) is 0 Å². The quantitative estimate of drug-likeness (QED) is 0.689. The van der Waals surface area contributed by atoms with Crippen molar-refractivity contribution in [2.75, 3.05) is 39.3 Å². The molecular formula is C17H36N6OS2. The molecule has 2 aliphatic rings. The van der Waals surface area contributed by atoms with E-state index in [2.05, 4.69) is 65.1 Å². The molecule has 0 aliphatic carbocycles. The minimum Gasteiger partial charge on any atom is -0.397 e. The van der Waals surface area contributed by atoms with E-state index in [1.807, 2.05) is 25.1 Å². The van der Waals surface area contributed by atoms with Crippen LogP contribution in [0.3, 0.4) is 0 Å². The van der Waals surface area contributed by atoms with Crippen molar-refractivity contribution in [1.82, 2.24) is 10.3 Å². The van der Waals surface area contributed by atoms with E-state index >= 15 is 0 Å². The van der Waals surface area contributed by atoms with Crippen LogP contribution in [0.2, 0.25) is 0 Å². The first kappa shape index (κ1) is 27.2. The molecule has 0 aromatic heterocycles. The summed E-state index contributed by atoms with van der Waals surface area (Å²) < 4.78 is 3.32. The highest BCUT2D eigenvalue weighted by molar-refractivity contribution is 7.80. The van der Waals surface area contributed by atoms with Gasteiger partial charge in [0.1, 0.15) is 0 Å². The minimum atomic E-state index is 0.152. The first-order valence-corrected chi connectivity index (χ1v) is 9.70. The number of azo groups is 1. The summed E-state index contributed by atoms with van der Waals surface area (Å²) in [5.41, 5.74) is 0.513. The lowest BCUT2D eigenvalue weighted by Gasteiger charge is -2.19. The summed E-state index contributed by atoms with van der Waals surface area (Å²) >= 11 is 9.29. The van der Waals surface area contributed by atoms with Crippen LogP contribution >= 0.6 is 12.2 Å². The highest BCUT2D eigenvalue weighted by Gasteiger charge is 2.26. The third-order valence-electron chi connectivity index (χ3n) is 2.89. The smallest absolute Gasteiger partial charge is 0.189 e. The van der Waals surface area contributed by atoms with Crippen molar-refractivity contribution in [2.24, 2.45) is 30.5 Å². The normalized spacial score (nSPS) is 17.8. The van der Waals surface area contributed by atoms with E-state index in [-0.39, 0.29) is 12.0 Å². The maximum atomic E-state index is 7.57. The Morgan fingerprint density at radius 3 is 1.88 bits per heavy atom. The Morgan fingerprint density at radius 1 is 1.19 bits per heavy atom. The molecule has 0 aromatic carbocycles. The average Bonchev–Trinajstić information content (AvgIpc) is 3.14. The minimum absolute atomic E-state index is 0.152. The van der Waals surface area contributed by atoms with E-state index in [1.165, 1.54) is 0 Å². The largest absolute Gasteiger partial charge is 0.397 e. The average molecular weight is 405 g/mol. The molecule has 2 heterocycles. The van der Waals surface area contributed by atoms with Gasteiger partial charge in [-0.3, -0.25) is 0 Å². The lowest BCUT2D eigenvalue weighted by atomic mass is 9.96. The van der Waals surface area contributed by atoms with E-state index in [0.29, 0.717) is 5.41 Å². The predicted octanol–water partition coefficient (Wildman–Crippen LogP) is 3.42. The summed E-state index contributed by atoms with van der Waals surface area (Å²) in [6, 6.07) is 0. The predicted molar refractivity (Wildman–Crippen MR) is 117 cm³/mol. The number of hydrogen-bond acceptors (Lipinski definition) is 7. The Hall–Kier alpha value is -1.06. The van der Waals surface area contributed by atoms with Gasteiger partial charge in [-0.2, -0.15) is 15.3 Å². The first-order valence-electron chi connectivity index (χ1n) is 8.92. The standard InChI is InChI=1S/C8H15N3S.C5H10N2.C2H5NS.C2H6O/c1-4-9-7(12)11-6-8(2,3)5-10-11;1-5(2)3-6-7-4-5;1-2-3-4;1-2-3/h5H,4,6H2,1-3H3,(H,9,12);3-4H2,1-2H3;2H2,1H3;3H,2H2,1H3. The molecule has 0 saturated heterocycles. The highest BCUT2D eigenvalue weighted by Crippen LogP contribution is 2.21. The zero-order chi connectivity index (χ0) is 20.6. The zero-order valence-electron chi connectivity index (χ0n) is 17.3. The van der Waals surface area contributed by atoms with E-state index in [0.717, 1.165) is 37.8 Å². The SMILES string of the molecule is CC1(C)CN=NC1.CCN=S.CCNC(=S)N1CC(C)(C)C=N1.CCO. The van der Waals surface area contributed by atoms with E-state index in [1.54, 1.807) is 6.92 Å². The van der Waals surface area contributed by atoms with Gasteiger partial charge in [-0.1, -0.05) is 27.7 Å². The summed E-state index contributed by atoms with van der Waals surface area (Å²) in [6.45, 7) is 18.8. The molecule has 0 saturated carbocycles. The van der Waals surface area contributed by atoms with Crippen LogP contribution in [-0.2, 0) is 12.4 Å². The molecule has 152 valence electrons. The van der Waals surface area contributed by atoms with Gasteiger partial charge in [-0.05, 0) is 33.0 Å². The van der Waals surface area contributed by atoms with Gasteiger partial charge in [0.05, 0.1) is 19.6 Å². The zero-order valence-corrected chi connectivity index (χ0v) is 19.0. The van der Waals surface area contributed by atoms with E-state index in [9.17, 15) is 0 Å². The molecule has 9 heteroatoms. The van der Waals surface area contributed by atoms with Crippen molar-refractivity contribution in [3.8, 4) is 0 Å².